The number of piperazine rings is 1. The first-order chi connectivity index (χ1) is 13.4. The van der Waals surface area contributed by atoms with Gasteiger partial charge in [0.25, 0.3) is 15.9 Å². The second kappa shape index (κ2) is 7.94. The first-order valence-corrected chi connectivity index (χ1v) is 11.9. The Bertz CT molecular complexity index is 1000. The summed E-state index contributed by atoms with van der Waals surface area (Å²) in [7, 11) is -3.48. The molecule has 7 nitrogen and oxygen atoms in total. The summed E-state index contributed by atoms with van der Waals surface area (Å²) in [5, 5.41) is 5.82. The highest BCUT2D eigenvalue weighted by molar-refractivity contribution is 9.10. The van der Waals surface area contributed by atoms with Crippen molar-refractivity contribution in [3.05, 3.63) is 51.8 Å². The van der Waals surface area contributed by atoms with Crippen LogP contribution in [-0.4, -0.2) is 61.5 Å². The highest BCUT2D eigenvalue weighted by Gasteiger charge is 2.36. The molecule has 0 bridgehead atoms. The Kier molecular flexibility index (Phi) is 5.55. The van der Waals surface area contributed by atoms with E-state index >= 15 is 0 Å². The van der Waals surface area contributed by atoms with Crippen LogP contribution >= 0.6 is 27.3 Å². The zero-order valence-corrected chi connectivity index (χ0v) is 18.0. The van der Waals surface area contributed by atoms with Crippen LogP contribution in [0.5, 0.6) is 0 Å². The van der Waals surface area contributed by atoms with Crippen molar-refractivity contribution in [3.63, 3.8) is 0 Å². The number of carbonyl (C=O) groups is 1. The van der Waals surface area contributed by atoms with Crippen molar-refractivity contribution < 1.29 is 18.0 Å². The largest absolute Gasteiger partial charge is 0.382 e. The molecule has 28 heavy (non-hydrogen) atoms. The molecule has 10 heteroatoms. The lowest BCUT2D eigenvalue weighted by Gasteiger charge is -2.34. The minimum absolute atomic E-state index is 0.151. The van der Waals surface area contributed by atoms with Crippen molar-refractivity contribution in [1.29, 1.82) is 0 Å². The van der Waals surface area contributed by atoms with E-state index in [1.807, 2.05) is 24.3 Å². The molecule has 4 rings (SSSR count). The number of nitrogens with zero attached hydrogens (tertiary/aromatic N) is 3. The maximum absolute atomic E-state index is 12.8. The lowest BCUT2D eigenvalue weighted by molar-refractivity contribution is -0.143. The fraction of sp³-hybridized carbons (Fsp3) is 0.333. The van der Waals surface area contributed by atoms with Crippen LogP contribution in [0.15, 0.2) is 55.6 Å². The summed E-state index contributed by atoms with van der Waals surface area (Å²) in [6, 6.07) is 11.0. The van der Waals surface area contributed by atoms with Crippen molar-refractivity contribution in [2.24, 2.45) is 5.16 Å². The Morgan fingerprint density at radius 2 is 1.96 bits per heavy atom. The quantitative estimate of drug-likeness (QED) is 0.669. The van der Waals surface area contributed by atoms with Crippen LogP contribution < -0.4 is 0 Å². The molecule has 0 spiro atoms. The molecule has 2 aliphatic rings. The molecular formula is C18H18BrN3O4S2. The van der Waals surface area contributed by atoms with Gasteiger partial charge in [0.05, 0.1) is 5.71 Å². The Morgan fingerprint density at radius 3 is 2.64 bits per heavy atom. The van der Waals surface area contributed by atoms with Gasteiger partial charge < -0.3 is 9.74 Å². The second-order valence-electron chi connectivity index (χ2n) is 6.51. The SMILES string of the molecule is O=C(C1CC(c2cccc(Br)c2)=NO1)N1CCN(S(=O)(=O)c2cccs2)CC1. The van der Waals surface area contributed by atoms with Gasteiger partial charge in [-0.2, -0.15) is 4.31 Å². The van der Waals surface area contributed by atoms with Crippen molar-refractivity contribution in [1.82, 2.24) is 9.21 Å². The normalized spacial score (nSPS) is 20.7. The Balaban J connectivity index is 1.35. The van der Waals surface area contributed by atoms with Gasteiger partial charge in [-0.15, -0.1) is 11.3 Å². The van der Waals surface area contributed by atoms with E-state index in [1.165, 1.54) is 15.6 Å². The molecule has 1 aromatic carbocycles. The predicted molar refractivity (Wildman–Crippen MR) is 110 cm³/mol. The summed E-state index contributed by atoms with van der Waals surface area (Å²) in [5.74, 6) is -0.151. The van der Waals surface area contributed by atoms with Gasteiger partial charge in [0.2, 0.25) is 6.10 Å². The smallest absolute Gasteiger partial charge is 0.266 e. The van der Waals surface area contributed by atoms with Gasteiger partial charge in [0.15, 0.2) is 0 Å². The molecule has 1 amide bonds. The van der Waals surface area contributed by atoms with E-state index in [4.69, 9.17) is 4.84 Å². The van der Waals surface area contributed by atoms with Crippen molar-refractivity contribution in [2.45, 2.75) is 16.7 Å². The predicted octanol–water partition coefficient (Wildman–Crippen LogP) is 2.54. The molecule has 1 fully saturated rings. The van der Waals surface area contributed by atoms with Crippen molar-refractivity contribution >= 4 is 48.9 Å². The van der Waals surface area contributed by atoms with Gasteiger partial charge in [0.1, 0.15) is 4.21 Å². The third-order valence-corrected chi connectivity index (χ3v) is 8.51. The highest BCUT2D eigenvalue weighted by Crippen LogP contribution is 2.24. The molecule has 0 N–H and O–H groups in total. The number of carbonyl (C=O) groups excluding carboxylic acids is 1. The van der Waals surface area contributed by atoms with E-state index in [0.29, 0.717) is 23.7 Å². The average Bonchev–Trinajstić information content (AvgIpc) is 3.40. The summed E-state index contributed by atoms with van der Waals surface area (Å²) in [6.07, 6.45) is -0.252. The number of amides is 1. The minimum atomic E-state index is -3.48. The maximum atomic E-state index is 12.8. The van der Waals surface area contributed by atoms with Crippen LogP contribution in [0.3, 0.4) is 0 Å². The number of benzene rings is 1. The van der Waals surface area contributed by atoms with Crippen molar-refractivity contribution in [3.8, 4) is 0 Å². The van der Waals surface area contributed by atoms with E-state index in [1.54, 1.807) is 22.4 Å². The first-order valence-electron chi connectivity index (χ1n) is 8.76. The van der Waals surface area contributed by atoms with Gasteiger partial charge in [0, 0.05) is 42.6 Å². The minimum Gasteiger partial charge on any atom is -0.382 e. The monoisotopic (exact) mass is 483 g/mol. The van der Waals surface area contributed by atoms with Gasteiger partial charge in [-0.05, 0) is 23.6 Å². The molecule has 1 atom stereocenters. The Hall–Kier alpha value is -1.75. The van der Waals surface area contributed by atoms with Crippen LogP contribution in [-0.2, 0) is 19.7 Å². The fourth-order valence-corrected chi connectivity index (χ4v) is 6.20. The molecule has 1 unspecified atom stereocenters. The Morgan fingerprint density at radius 1 is 1.18 bits per heavy atom. The average molecular weight is 484 g/mol. The Labute approximate surface area is 175 Å². The van der Waals surface area contributed by atoms with Crippen LogP contribution in [0.4, 0.5) is 0 Å². The highest BCUT2D eigenvalue weighted by atomic mass is 79.9. The van der Waals surface area contributed by atoms with E-state index in [-0.39, 0.29) is 19.0 Å². The molecule has 148 valence electrons. The number of hydrogen-bond donors (Lipinski definition) is 0. The molecule has 3 heterocycles. The van der Waals surface area contributed by atoms with Crippen molar-refractivity contribution in [2.75, 3.05) is 26.2 Å². The standard InChI is InChI=1S/C18H18BrN3O4S2/c19-14-4-1-3-13(11-14)15-12-16(26-20-15)18(23)21-6-8-22(9-7-21)28(24,25)17-5-2-10-27-17/h1-5,10-11,16H,6-9,12H2. The van der Waals surface area contributed by atoms with E-state index in [2.05, 4.69) is 21.1 Å². The number of oxime groups is 1. The van der Waals surface area contributed by atoms with E-state index in [9.17, 15) is 13.2 Å². The molecular weight excluding hydrogens is 466 g/mol. The van der Waals surface area contributed by atoms with Crippen LogP contribution in [0, 0.1) is 0 Å². The summed E-state index contributed by atoms with van der Waals surface area (Å²) in [6.45, 7) is 1.24. The molecule has 0 saturated carbocycles. The van der Waals surface area contributed by atoms with E-state index < -0.39 is 16.1 Å². The molecule has 2 aromatic rings. The topological polar surface area (TPSA) is 79.3 Å². The third-order valence-electron chi connectivity index (χ3n) is 4.74. The lowest BCUT2D eigenvalue weighted by atomic mass is 10.0. The number of halogens is 1. The van der Waals surface area contributed by atoms with Crippen LogP contribution in [0.2, 0.25) is 0 Å². The molecule has 0 radical (unpaired) electrons. The third kappa shape index (κ3) is 3.86. The van der Waals surface area contributed by atoms with Crippen LogP contribution in [0.1, 0.15) is 12.0 Å². The van der Waals surface area contributed by atoms with Gasteiger partial charge in [-0.1, -0.05) is 39.3 Å². The number of thiophene rings is 1. The molecule has 0 aliphatic carbocycles. The van der Waals surface area contributed by atoms with Gasteiger partial charge >= 0.3 is 0 Å². The zero-order chi connectivity index (χ0) is 19.7. The second-order valence-corrected chi connectivity index (χ2v) is 10.5. The zero-order valence-electron chi connectivity index (χ0n) is 14.8. The lowest BCUT2D eigenvalue weighted by Crippen LogP contribution is -2.52. The molecule has 1 aromatic heterocycles. The van der Waals surface area contributed by atoms with Crippen LogP contribution in [0.25, 0.3) is 0 Å². The summed E-state index contributed by atoms with van der Waals surface area (Å²) < 4.78 is 27.9. The number of rotatable bonds is 4. The number of hydrogen-bond acceptors (Lipinski definition) is 6. The number of sulfonamides is 1. The maximum Gasteiger partial charge on any atom is 0.266 e. The van der Waals surface area contributed by atoms with Gasteiger partial charge in [-0.3, -0.25) is 4.79 Å². The summed E-state index contributed by atoms with van der Waals surface area (Å²) in [5.41, 5.74) is 1.65. The molecule has 2 aliphatic heterocycles. The summed E-state index contributed by atoms with van der Waals surface area (Å²) >= 11 is 4.63. The first kappa shape index (κ1) is 19.6. The fourth-order valence-electron chi connectivity index (χ4n) is 3.24. The van der Waals surface area contributed by atoms with Gasteiger partial charge in [-0.25, -0.2) is 8.42 Å². The van der Waals surface area contributed by atoms with E-state index in [0.717, 1.165) is 15.7 Å². The molecule has 1 saturated heterocycles. The summed E-state index contributed by atoms with van der Waals surface area (Å²) in [4.78, 5) is 19.8.